The molecule has 5 heteroatoms. The smallest absolute Gasteiger partial charge is 0.251 e. The Kier molecular flexibility index (Phi) is 6.15. The quantitative estimate of drug-likeness (QED) is 0.571. The van der Waals surface area contributed by atoms with Crippen molar-refractivity contribution in [1.82, 2.24) is 10.6 Å². The van der Waals surface area contributed by atoms with Gasteiger partial charge in [0.15, 0.2) is 0 Å². The summed E-state index contributed by atoms with van der Waals surface area (Å²) in [6.07, 6.45) is 1.66. The van der Waals surface area contributed by atoms with Crippen LogP contribution in [0.4, 0.5) is 0 Å². The van der Waals surface area contributed by atoms with Gasteiger partial charge in [-0.1, -0.05) is 12.7 Å². The molecule has 0 saturated carbocycles. The second-order valence-corrected chi connectivity index (χ2v) is 3.86. The van der Waals surface area contributed by atoms with E-state index in [1.54, 1.807) is 30.3 Å². The van der Waals surface area contributed by atoms with E-state index in [4.69, 9.17) is 4.74 Å². The maximum atomic E-state index is 11.7. The molecule has 0 radical (unpaired) electrons. The Hall–Kier alpha value is -2.30. The topological polar surface area (TPSA) is 67.4 Å². The summed E-state index contributed by atoms with van der Waals surface area (Å²) in [6, 6.07) is 6.83. The SMILES string of the molecule is C=CCOc1ccc(C(=O)NCCNC(C)=O)cc1. The van der Waals surface area contributed by atoms with Gasteiger partial charge in [-0.2, -0.15) is 0 Å². The highest BCUT2D eigenvalue weighted by atomic mass is 16.5. The average molecular weight is 262 g/mol. The fourth-order valence-corrected chi connectivity index (χ4v) is 1.37. The van der Waals surface area contributed by atoms with Gasteiger partial charge in [0.25, 0.3) is 5.91 Å². The lowest BCUT2D eigenvalue weighted by atomic mass is 10.2. The molecule has 0 spiro atoms. The summed E-state index contributed by atoms with van der Waals surface area (Å²) in [4.78, 5) is 22.4. The van der Waals surface area contributed by atoms with E-state index in [0.29, 0.717) is 31.0 Å². The molecule has 0 aliphatic carbocycles. The first-order chi connectivity index (χ1) is 9.13. The zero-order valence-corrected chi connectivity index (χ0v) is 10.9. The van der Waals surface area contributed by atoms with Gasteiger partial charge < -0.3 is 15.4 Å². The van der Waals surface area contributed by atoms with Crippen LogP contribution in [-0.2, 0) is 4.79 Å². The van der Waals surface area contributed by atoms with Crippen LogP contribution in [0, 0.1) is 0 Å². The third kappa shape index (κ3) is 5.72. The summed E-state index contributed by atoms with van der Waals surface area (Å²) in [7, 11) is 0. The van der Waals surface area contributed by atoms with E-state index in [0.717, 1.165) is 0 Å². The van der Waals surface area contributed by atoms with Crippen molar-refractivity contribution in [2.75, 3.05) is 19.7 Å². The fraction of sp³-hybridized carbons (Fsp3) is 0.286. The zero-order chi connectivity index (χ0) is 14.1. The van der Waals surface area contributed by atoms with Gasteiger partial charge in [0.05, 0.1) is 0 Å². The first kappa shape index (κ1) is 14.8. The van der Waals surface area contributed by atoms with Crippen molar-refractivity contribution in [1.29, 1.82) is 0 Å². The van der Waals surface area contributed by atoms with Crippen LogP contribution >= 0.6 is 0 Å². The summed E-state index contributed by atoms with van der Waals surface area (Å²) in [5.74, 6) is 0.397. The molecule has 0 heterocycles. The summed E-state index contributed by atoms with van der Waals surface area (Å²) in [5, 5.41) is 5.31. The molecular formula is C14H18N2O3. The minimum atomic E-state index is -0.180. The van der Waals surface area contributed by atoms with E-state index < -0.39 is 0 Å². The minimum Gasteiger partial charge on any atom is -0.490 e. The number of benzene rings is 1. The first-order valence-corrected chi connectivity index (χ1v) is 6.00. The molecular weight excluding hydrogens is 244 g/mol. The van der Waals surface area contributed by atoms with Gasteiger partial charge in [-0.3, -0.25) is 9.59 Å². The molecule has 0 fully saturated rings. The highest BCUT2D eigenvalue weighted by Gasteiger charge is 2.04. The van der Waals surface area contributed by atoms with Gasteiger partial charge in [-0.05, 0) is 24.3 Å². The Labute approximate surface area is 112 Å². The van der Waals surface area contributed by atoms with Crippen molar-refractivity contribution in [2.24, 2.45) is 0 Å². The Morgan fingerprint density at radius 3 is 2.42 bits per heavy atom. The number of carbonyl (C=O) groups excluding carboxylic acids is 2. The fourth-order valence-electron chi connectivity index (χ4n) is 1.37. The standard InChI is InChI=1S/C14H18N2O3/c1-3-10-19-13-6-4-12(5-7-13)14(18)16-9-8-15-11(2)17/h3-7H,1,8-10H2,2H3,(H,15,17)(H,16,18). The maximum Gasteiger partial charge on any atom is 0.251 e. The normalized spacial score (nSPS) is 9.53. The van der Waals surface area contributed by atoms with Crippen molar-refractivity contribution in [3.05, 3.63) is 42.5 Å². The van der Waals surface area contributed by atoms with Crippen molar-refractivity contribution in [2.45, 2.75) is 6.92 Å². The predicted molar refractivity (Wildman–Crippen MR) is 73.2 cm³/mol. The van der Waals surface area contributed by atoms with E-state index in [2.05, 4.69) is 17.2 Å². The van der Waals surface area contributed by atoms with E-state index in [1.807, 2.05) is 0 Å². The van der Waals surface area contributed by atoms with Gasteiger partial charge in [0.2, 0.25) is 5.91 Å². The minimum absolute atomic E-state index is 0.113. The average Bonchev–Trinajstić information content (AvgIpc) is 2.41. The molecule has 0 bridgehead atoms. The van der Waals surface area contributed by atoms with Crippen molar-refractivity contribution < 1.29 is 14.3 Å². The highest BCUT2D eigenvalue weighted by molar-refractivity contribution is 5.94. The molecule has 0 aliphatic rings. The molecule has 1 aromatic carbocycles. The number of ether oxygens (including phenoxy) is 1. The molecule has 0 atom stereocenters. The lowest BCUT2D eigenvalue weighted by Crippen LogP contribution is -2.33. The van der Waals surface area contributed by atoms with Gasteiger partial charge in [0.1, 0.15) is 12.4 Å². The lowest BCUT2D eigenvalue weighted by molar-refractivity contribution is -0.118. The second kappa shape index (κ2) is 7.92. The first-order valence-electron chi connectivity index (χ1n) is 6.00. The predicted octanol–water partition coefficient (Wildman–Crippen LogP) is 1.12. The molecule has 1 rings (SSSR count). The second-order valence-electron chi connectivity index (χ2n) is 3.86. The molecule has 102 valence electrons. The molecule has 19 heavy (non-hydrogen) atoms. The van der Waals surface area contributed by atoms with Gasteiger partial charge >= 0.3 is 0 Å². The summed E-state index contributed by atoms with van der Waals surface area (Å²) < 4.78 is 5.32. The molecule has 0 aromatic heterocycles. The number of nitrogens with one attached hydrogen (secondary N) is 2. The summed E-state index contributed by atoms with van der Waals surface area (Å²) in [6.45, 7) is 6.24. The largest absolute Gasteiger partial charge is 0.490 e. The van der Waals surface area contributed by atoms with Gasteiger partial charge in [0, 0.05) is 25.6 Å². The van der Waals surface area contributed by atoms with Crippen LogP contribution in [-0.4, -0.2) is 31.5 Å². The molecule has 2 N–H and O–H groups in total. The number of hydrogen-bond acceptors (Lipinski definition) is 3. The van der Waals surface area contributed by atoms with E-state index in [1.165, 1.54) is 6.92 Å². The van der Waals surface area contributed by atoms with Crippen LogP contribution in [0.15, 0.2) is 36.9 Å². The zero-order valence-electron chi connectivity index (χ0n) is 10.9. The highest BCUT2D eigenvalue weighted by Crippen LogP contribution is 2.11. The van der Waals surface area contributed by atoms with Crippen LogP contribution in [0.5, 0.6) is 5.75 Å². The van der Waals surface area contributed by atoms with Crippen LogP contribution in [0.25, 0.3) is 0 Å². The van der Waals surface area contributed by atoms with Crippen molar-refractivity contribution in [3.63, 3.8) is 0 Å². The molecule has 5 nitrogen and oxygen atoms in total. The van der Waals surface area contributed by atoms with Crippen LogP contribution in [0.2, 0.25) is 0 Å². The van der Waals surface area contributed by atoms with Crippen molar-refractivity contribution in [3.8, 4) is 5.75 Å². The third-order valence-corrected chi connectivity index (χ3v) is 2.27. The lowest BCUT2D eigenvalue weighted by Gasteiger charge is -2.07. The van der Waals surface area contributed by atoms with Gasteiger partial charge in [-0.25, -0.2) is 0 Å². The third-order valence-electron chi connectivity index (χ3n) is 2.27. The molecule has 0 aliphatic heterocycles. The van der Waals surface area contributed by atoms with E-state index in [9.17, 15) is 9.59 Å². The van der Waals surface area contributed by atoms with E-state index in [-0.39, 0.29) is 11.8 Å². The summed E-state index contributed by atoms with van der Waals surface area (Å²) >= 11 is 0. The maximum absolute atomic E-state index is 11.7. The Morgan fingerprint density at radius 1 is 1.21 bits per heavy atom. The van der Waals surface area contributed by atoms with Crippen molar-refractivity contribution >= 4 is 11.8 Å². The van der Waals surface area contributed by atoms with Crippen LogP contribution < -0.4 is 15.4 Å². The Balaban J connectivity index is 2.39. The van der Waals surface area contributed by atoms with Crippen LogP contribution in [0.3, 0.4) is 0 Å². The van der Waals surface area contributed by atoms with Gasteiger partial charge in [-0.15, -0.1) is 0 Å². The Morgan fingerprint density at radius 2 is 1.84 bits per heavy atom. The number of carbonyl (C=O) groups is 2. The number of rotatable bonds is 7. The number of amides is 2. The van der Waals surface area contributed by atoms with Crippen LogP contribution in [0.1, 0.15) is 17.3 Å². The molecule has 1 aromatic rings. The summed E-state index contributed by atoms with van der Waals surface area (Å²) in [5.41, 5.74) is 0.550. The van der Waals surface area contributed by atoms with E-state index >= 15 is 0 Å². The molecule has 0 saturated heterocycles. The molecule has 0 unspecified atom stereocenters. The molecule has 2 amide bonds. The number of hydrogen-bond donors (Lipinski definition) is 2. The monoisotopic (exact) mass is 262 g/mol. The Bertz CT molecular complexity index is 441.